The topological polar surface area (TPSA) is 0 Å². The first-order valence-electron chi connectivity index (χ1n) is 11.6. The monoisotopic (exact) mass is 528 g/mol. The molecule has 0 atom stereocenters. The molecule has 0 heterocycles. The van der Waals surface area contributed by atoms with Crippen LogP contribution in [0.2, 0.25) is 0 Å². The Morgan fingerprint density at radius 1 is 0.394 bits per heavy atom. The van der Waals surface area contributed by atoms with Gasteiger partial charge in [0.2, 0.25) is 0 Å². The van der Waals surface area contributed by atoms with Gasteiger partial charge in [-0.15, -0.1) is 0 Å². The van der Waals surface area contributed by atoms with Crippen LogP contribution < -0.4 is 7.02 Å². The summed E-state index contributed by atoms with van der Waals surface area (Å²) in [5, 5.41) is 0. The molecule has 0 fully saturated rings. The van der Waals surface area contributed by atoms with E-state index in [-0.39, 0.29) is 3.36 Å². The van der Waals surface area contributed by atoms with Crippen LogP contribution in [0.25, 0.3) is 0 Å². The van der Waals surface area contributed by atoms with Crippen LogP contribution in [0.3, 0.4) is 0 Å². The van der Waals surface area contributed by atoms with Crippen molar-refractivity contribution in [2.45, 2.75) is 9.28 Å². The molecule has 0 spiro atoms. The van der Waals surface area contributed by atoms with Crippen molar-refractivity contribution in [3.63, 3.8) is 0 Å². The van der Waals surface area contributed by atoms with Crippen molar-refractivity contribution >= 4 is 27.2 Å². The van der Waals surface area contributed by atoms with E-state index in [0.717, 1.165) is 0 Å². The molecule has 0 saturated heterocycles. The summed E-state index contributed by atoms with van der Waals surface area (Å²) in [7, 11) is 0. The van der Waals surface area contributed by atoms with E-state index in [1.807, 2.05) is 0 Å². The molecule has 5 aromatic rings. The summed E-state index contributed by atoms with van der Waals surface area (Å²) in [6, 6.07) is 50.6. The van der Waals surface area contributed by atoms with Gasteiger partial charge < -0.3 is 0 Å². The molecule has 0 nitrogen and oxygen atoms in total. The molecule has 8 rings (SSSR count). The van der Waals surface area contributed by atoms with E-state index >= 15 is 0 Å². The van der Waals surface area contributed by atoms with Gasteiger partial charge in [0.25, 0.3) is 0 Å². The first-order valence-corrected chi connectivity index (χ1v) is 15.4. The Balaban J connectivity index is 1.69. The van der Waals surface area contributed by atoms with Crippen LogP contribution in [0.15, 0.2) is 133 Å². The molecule has 0 aliphatic heterocycles. The van der Waals surface area contributed by atoms with E-state index in [0.29, 0.717) is 5.92 Å². The van der Waals surface area contributed by atoms with Crippen molar-refractivity contribution in [2.24, 2.45) is 0 Å². The van der Waals surface area contributed by atoms with Crippen molar-refractivity contribution in [2.75, 3.05) is 0 Å². The van der Waals surface area contributed by atoms with Crippen LogP contribution in [0.1, 0.15) is 39.3 Å². The van der Waals surface area contributed by atoms with Gasteiger partial charge in [0, 0.05) is 0 Å². The van der Waals surface area contributed by atoms with E-state index < -0.39 is 20.2 Å². The van der Waals surface area contributed by atoms with Crippen molar-refractivity contribution in [3.05, 3.63) is 167 Å². The van der Waals surface area contributed by atoms with Crippen LogP contribution in [-0.2, 0) is 3.36 Å². The van der Waals surface area contributed by atoms with Gasteiger partial charge in [0.05, 0.1) is 0 Å². The standard InChI is InChI=1S/C20H13.2C6H5.Sb/c1-2-8-14-13(7-1)19-15-9-3-5-11-17(15)20(14)18-12-6-4-10-16(18)19;2*1-2-4-6-5-3-1;/h1-12,19H;2*1-5H;. The molecule has 1 heteroatoms. The van der Waals surface area contributed by atoms with Gasteiger partial charge >= 0.3 is 203 Å². The molecule has 2 bridgehead atoms. The first kappa shape index (κ1) is 19.4. The van der Waals surface area contributed by atoms with E-state index in [1.54, 1.807) is 0 Å². The molecule has 3 aliphatic carbocycles. The molecule has 0 amide bonds. The molecule has 3 aliphatic rings. The summed E-state index contributed by atoms with van der Waals surface area (Å²) in [5.74, 6) is 0.323. The second kappa shape index (κ2) is 7.47. The quantitative estimate of drug-likeness (QED) is 0.264. The van der Waals surface area contributed by atoms with Gasteiger partial charge in [-0.05, 0) is 0 Å². The Bertz CT molecular complexity index is 1310. The number of hydrogen-bond acceptors (Lipinski definition) is 0. The van der Waals surface area contributed by atoms with Gasteiger partial charge in [-0.3, -0.25) is 0 Å². The Hall–Kier alpha value is -3.08. The minimum absolute atomic E-state index is 0.107. The van der Waals surface area contributed by atoms with Gasteiger partial charge in [-0.2, -0.15) is 0 Å². The molecule has 0 radical (unpaired) electrons. The van der Waals surface area contributed by atoms with Crippen LogP contribution in [0.5, 0.6) is 0 Å². The average Bonchev–Trinajstić information content (AvgIpc) is 2.90. The molecule has 33 heavy (non-hydrogen) atoms. The first-order chi connectivity index (χ1) is 16.4. The summed E-state index contributed by atoms with van der Waals surface area (Å²) < 4.78 is 2.96. The van der Waals surface area contributed by atoms with Gasteiger partial charge in [0.1, 0.15) is 0 Å². The van der Waals surface area contributed by atoms with E-state index in [4.69, 9.17) is 0 Å². The fourth-order valence-corrected chi connectivity index (χ4v) is 15.8. The fraction of sp³-hybridized carbons (Fsp3) is 0.0625. The van der Waals surface area contributed by atoms with Crippen molar-refractivity contribution in [1.82, 2.24) is 0 Å². The van der Waals surface area contributed by atoms with Crippen molar-refractivity contribution in [1.29, 1.82) is 0 Å². The number of hydrogen-bond donors (Lipinski definition) is 0. The maximum atomic E-state index is 2.43. The summed E-state index contributed by atoms with van der Waals surface area (Å²) in [5.41, 5.74) is 9.08. The van der Waals surface area contributed by atoms with E-state index in [1.165, 1.54) is 40.4 Å². The van der Waals surface area contributed by atoms with Crippen LogP contribution >= 0.6 is 0 Å². The molecular formula is C32H23Sb. The molecule has 5 aromatic carbocycles. The van der Waals surface area contributed by atoms with E-state index in [9.17, 15) is 0 Å². The molecule has 0 N–H and O–H groups in total. The maximum absolute atomic E-state index is 2.48. The van der Waals surface area contributed by atoms with Crippen molar-refractivity contribution < 1.29 is 0 Å². The zero-order valence-electron chi connectivity index (χ0n) is 18.2. The molecule has 156 valence electrons. The molecule has 0 unspecified atom stereocenters. The van der Waals surface area contributed by atoms with Crippen molar-refractivity contribution in [3.8, 4) is 0 Å². The van der Waals surface area contributed by atoms with Gasteiger partial charge in [-0.1, -0.05) is 0 Å². The fourth-order valence-electron chi connectivity index (χ4n) is 6.22. The second-order valence-corrected chi connectivity index (χ2v) is 15.7. The van der Waals surface area contributed by atoms with Crippen LogP contribution in [-0.4, -0.2) is 20.2 Å². The molecular weight excluding hydrogens is 506 g/mol. The van der Waals surface area contributed by atoms with Gasteiger partial charge in [-0.25, -0.2) is 0 Å². The Morgan fingerprint density at radius 3 is 1.12 bits per heavy atom. The third-order valence-electron chi connectivity index (χ3n) is 7.35. The van der Waals surface area contributed by atoms with Crippen LogP contribution in [0, 0.1) is 0 Å². The number of benzene rings is 5. The van der Waals surface area contributed by atoms with Gasteiger partial charge in [0.15, 0.2) is 0 Å². The average molecular weight is 529 g/mol. The minimum atomic E-state index is -2.48. The molecule has 0 aromatic heterocycles. The Labute approximate surface area is 202 Å². The zero-order chi connectivity index (χ0) is 21.8. The summed E-state index contributed by atoms with van der Waals surface area (Å²) in [6.45, 7) is 0. The second-order valence-electron chi connectivity index (χ2n) is 8.91. The summed E-state index contributed by atoms with van der Waals surface area (Å²) >= 11 is -2.48. The Kier molecular flexibility index (Phi) is 4.39. The SMILES string of the molecule is c1cc[c]([Sb]([c]2ccccc2)[C]23c4ccccc4C(c4ccccc42)c2ccccc23)cc1. The van der Waals surface area contributed by atoms with E-state index in [2.05, 4.69) is 133 Å². The summed E-state index contributed by atoms with van der Waals surface area (Å²) in [6.07, 6.45) is 0. The third-order valence-corrected chi connectivity index (χ3v) is 16.0. The third kappa shape index (κ3) is 2.59. The van der Waals surface area contributed by atoms with Crippen LogP contribution in [0.4, 0.5) is 0 Å². The zero-order valence-corrected chi connectivity index (χ0v) is 20.8. The predicted molar refractivity (Wildman–Crippen MR) is 138 cm³/mol. The normalized spacial score (nSPS) is 19.6. The predicted octanol–water partition coefficient (Wildman–Crippen LogP) is 5.68. The summed E-state index contributed by atoms with van der Waals surface area (Å²) in [4.78, 5) is 0. The number of rotatable bonds is 3. The Morgan fingerprint density at radius 2 is 0.727 bits per heavy atom. The molecule has 0 saturated carbocycles.